The van der Waals surface area contributed by atoms with Crippen molar-refractivity contribution >= 4 is 5.69 Å². The van der Waals surface area contributed by atoms with Crippen molar-refractivity contribution in [3.8, 4) is 12.3 Å². The van der Waals surface area contributed by atoms with Crippen LogP contribution in [0.15, 0.2) is 24.3 Å². The van der Waals surface area contributed by atoms with Crippen LogP contribution in [0.4, 0.5) is 5.69 Å². The van der Waals surface area contributed by atoms with Crippen molar-refractivity contribution in [2.75, 3.05) is 6.61 Å². The van der Waals surface area contributed by atoms with E-state index in [4.69, 9.17) is 11.5 Å². The molecule has 1 atom stereocenters. The van der Waals surface area contributed by atoms with Crippen LogP contribution in [0.1, 0.15) is 17.9 Å². The third-order valence-corrected chi connectivity index (χ3v) is 2.10. The molecule has 15 heavy (non-hydrogen) atoms. The average molecular weight is 205 g/mol. The van der Waals surface area contributed by atoms with Gasteiger partial charge in [-0.1, -0.05) is 18.1 Å². The van der Waals surface area contributed by atoms with Crippen LogP contribution in [-0.4, -0.2) is 16.6 Å². The Balaban J connectivity index is 2.99. The van der Waals surface area contributed by atoms with Gasteiger partial charge in [-0.05, 0) is 12.0 Å². The van der Waals surface area contributed by atoms with Gasteiger partial charge in [0.15, 0.2) is 0 Å². The van der Waals surface area contributed by atoms with Gasteiger partial charge < -0.3 is 5.11 Å². The highest BCUT2D eigenvalue weighted by Crippen LogP contribution is 2.22. The Morgan fingerprint density at radius 1 is 1.60 bits per heavy atom. The molecule has 78 valence electrons. The molecule has 0 heterocycles. The number of nitro benzene ring substituents is 1. The first kappa shape index (κ1) is 11.2. The smallest absolute Gasteiger partial charge is 0.269 e. The number of nitrogens with zero attached hydrogens (tertiary/aromatic N) is 1. The first-order chi connectivity index (χ1) is 7.19. The van der Waals surface area contributed by atoms with Crippen LogP contribution in [0, 0.1) is 22.5 Å². The molecule has 0 amide bonds. The highest BCUT2D eigenvalue weighted by atomic mass is 16.6. The molecule has 0 saturated heterocycles. The number of terminal acetylenes is 1. The maximum Gasteiger partial charge on any atom is 0.269 e. The lowest BCUT2D eigenvalue weighted by Crippen LogP contribution is -1.99. The fraction of sp³-hybridized carbons (Fsp3) is 0.273. The molecule has 0 fully saturated rings. The van der Waals surface area contributed by atoms with Gasteiger partial charge in [0, 0.05) is 24.7 Å². The maximum atomic E-state index is 10.5. The molecule has 4 nitrogen and oxygen atoms in total. The van der Waals surface area contributed by atoms with Gasteiger partial charge in [-0.3, -0.25) is 10.1 Å². The Morgan fingerprint density at radius 2 is 2.33 bits per heavy atom. The van der Waals surface area contributed by atoms with Crippen molar-refractivity contribution in [1.29, 1.82) is 0 Å². The van der Waals surface area contributed by atoms with Crippen LogP contribution in [-0.2, 0) is 0 Å². The fourth-order valence-electron chi connectivity index (χ4n) is 1.33. The topological polar surface area (TPSA) is 63.4 Å². The zero-order valence-electron chi connectivity index (χ0n) is 8.09. The largest absolute Gasteiger partial charge is 0.396 e. The first-order valence-corrected chi connectivity index (χ1v) is 4.50. The minimum Gasteiger partial charge on any atom is -0.396 e. The summed E-state index contributed by atoms with van der Waals surface area (Å²) >= 11 is 0. The minimum absolute atomic E-state index is 0.0192. The molecule has 0 radical (unpaired) electrons. The summed E-state index contributed by atoms with van der Waals surface area (Å²) in [4.78, 5) is 10.1. The molecule has 1 aromatic rings. The average Bonchev–Trinajstić information content (AvgIpc) is 2.26. The summed E-state index contributed by atoms with van der Waals surface area (Å²) in [6.45, 7) is -0.0302. The number of rotatable bonds is 4. The van der Waals surface area contributed by atoms with Crippen LogP contribution in [0.25, 0.3) is 0 Å². The Kier molecular flexibility index (Phi) is 3.83. The summed E-state index contributed by atoms with van der Waals surface area (Å²) in [7, 11) is 0. The Hall–Kier alpha value is -1.86. The van der Waals surface area contributed by atoms with Crippen molar-refractivity contribution < 1.29 is 10.0 Å². The van der Waals surface area contributed by atoms with Gasteiger partial charge in [-0.2, -0.15) is 0 Å². The maximum absolute atomic E-state index is 10.5. The van der Waals surface area contributed by atoms with Crippen molar-refractivity contribution in [2.24, 2.45) is 0 Å². The molecule has 0 aromatic heterocycles. The number of aliphatic hydroxyl groups is 1. The fourth-order valence-corrected chi connectivity index (χ4v) is 1.33. The molecule has 1 rings (SSSR count). The summed E-state index contributed by atoms with van der Waals surface area (Å²) < 4.78 is 0. The molecule has 1 unspecified atom stereocenters. The molecule has 0 saturated carbocycles. The van der Waals surface area contributed by atoms with Crippen LogP contribution < -0.4 is 0 Å². The zero-order valence-corrected chi connectivity index (χ0v) is 8.09. The first-order valence-electron chi connectivity index (χ1n) is 4.50. The van der Waals surface area contributed by atoms with Gasteiger partial charge in [0.2, 0.25) is 0 Å². The Bertz CT molecular complexity index is 395. The minimum atomic E-state index is -0.462. The van der Waals surface area contributed by atoms with Crippen LogP contribution in [0.2, 0.25) is 0 Å². The highest BCUT2D eigenvalue weighted by Gasteiger charge is 2.11. The van der Waals surface area contributed by atoms with Gasteiger partial charge >= 0.3 is 0 Å². The van der Waals surface area contributed by atoms with Crippen molar-refractivity contribution in [2.45, 2.75) is 12.3 Å². The summed E-state index contributed by atoms with van der Waals surface area (Å²) in [6, 6.07) is 6.18. The predicted molar refractivity (Wildman–Crippen MR) is 56.4 cm³/mol. The normalized spacial score (nSPS) is 11.7. The second-order valence-electron chi connectivity index (χ2n) is 3.08. The third kappa shape index (κ3) is 2.79. The van der Waals surface area contributed by atoms with E-state index < -0.39 is 4.92 Å². The third-order valence-electron chi connectivity index (χ3n) is 2.10. The quantitative estimate of drug-likeness (QED) is 0.462. The SMILES string of the molecule is C#CC(CCO)c1cccc([N+](=O)[O-])c1. The molecule has 0 spiro atoms. The van der Waals surface area contributed by atoms with Gasteiger partial charge in [0.05, 0.1) is 4.92 Å². The number of benzene rings is 1. The van der Waals surface area contributed by atoms with E-state index in [2.05, 4.69) is 5.92 Å². The number of hydrogen-bond acceptors (Lipinski definition) is 3. The van der Waals surface area contributed by atoms with Gasteiger partial charge in [0.25, 0.3) is 5.69 Å². The van der Waals surface area contributed by atoms with E-state index in [-0.39, 0.29) is 18.2 Å². The van der Waals surface area contributed by atoms with E-state index in [1.807, 2.05) is 0 Å². The van der Waals surface area contributed by atoms with E-state index in [0.29, 0.717) is 12.0 Å². The predicted octanol–water partition coefficient (Wildman–Crippen LogP) is 1.69. The van der Waals surface area contributed by atoms with Crippen molar-refractivity contribution in [3.05, 3.63) is 39.9 Å². The van der Waals surface area contributed by atoms with Crippen molar-refractivity contribution in [3.63, 3.8) is 0 Å². The number of nitro groups is 1. The Labute approximate surface area is 87.7 Å². The molecule has 1 N–H and O–H groups in total. The molecule has 0 aliphatic rings. The highest BCUT2D eigenvalue weighted by molar-refractivity contribution is 5.38. The molecule has 0 bridgehead atoms. The molecule has 1 aromatic carbocycles. The number of non-ortho nitro benzene ring substituents is 1. The second-order valence-corrected chi connectivity index (χ2v) is 3.08. The zero-order chi connectivity index (χ0) is 11.3. The summed E-state index contributed by atoms with van der Waals surface area (Å²) in [6.07, 6.45) is 5.70. The summed E-state index contributed by atoms with van der Waals surface area (Å²) in [5.74, 6) is 2.23. The van der Waals surface area contributed by atoms with Crippen molar-refractivity contribution in [1.82, 2.24) is 0 Å². The van der Waals surface area contributed by atoms with E-state index in [0.717, 1.165) is 0 Å². The molecule has 0 aliphatic heterocycles. The second kappa shape index (κ2) is 5.13. The standard InChI is InChI=1S/C11H11NO3/c1-2-9(6-7-13)10-4-3-5-11(8-10)12(14)15/h1,3-5,8-9,13H,6-7H2. The van der Waals surface area contributed by atoms with E-state index in [9.17, 15) is 10.1 Å². The Morgan fingerprint density at radius 3 is 2.87 bits per heavy atom. The number of hydrogen-bond donors (Lipinski definition) is 1. The van der Waals surface area contributed by atoms with Crippen LogP contribution >= 0.6 is 0 Å². The lowest BCUT2D eigenvalue weighted by atomic mass is 9.97. The molecule has 4 heteroatoms. The summed E-state index contributed by atoms with van der Waals surface area (Å²) in [5.41, 5.74) is 0.714. The molecule has 0 aliphatic carbocycles. The van der Waals surface area contributed by atoms with Crippen LogP contribution in [0.3, 0.4) is 0 Å². The summed E-state index contributed by atoms with van der Waals surface area (Å²) in [5, 5.41) is 19.3. The van der Waals surface area contributed by atoms with Gasteiger partial charge in [-0.15, -0.1) is 6.42 Å². The molecular formula is C11H11NO3. The lowest BCUT2D eigenvalue weighted by Gasteiger charge is -2.08. The van der Waals surface area contributed by atoms with E-state index in [1.165, 1.54) is 12.1 Å². The monoisotopic (exact) mass is 205 g/mol. The van der Waals surface area contributed by atoms with Gasteiger partial charge in [0.1, 0.15) is 0 Å². The van der Waals surface area contributed by atoms with E-state index >= 15 is 0 Å². The number of aliphatic hydroxyl groups excluding tert-OH is 1. The van der Waals surface area contributed by atoms with Gasteiger partial charge in [-0.25, -0.2) is 0 Å². The van der Waals surface area contributed by atoms with E-state index in [1.54, 1.807) is 12.1 Å². The lowest BCUT2D eigenvalue weighted by molar-refractivity contribution is -0.384. The van der Waals surface area contributed by atoms with Crippen LogP contribution in [0.5, 0.6) is 0 Å². The molecular weight excluding hydrogens is 194 g/mol.